The third-order valence-corrected chi connectivity index (χ3v) is 7.08. The molecule has 0 bridgehead atoms. The van der Waals surface area contributed by atoms with Crippen LogP contribution in [-0.2, 0) is 19.1 Å². The Kier molecular flexibility index (Phi) is 24.3. The third-order valence-electron chi connectivity index (χ3n) is 5.29. The molecule has 0 heterocycles. The average Bonchev–Trinajstić information content (AvgIpc) is 2.70. The number of unbranched alkanes of at least 4 members (excludes halogenated alkanes) is 15. The summed E-state index contributed by atoms with van der Waals surface area (Å²) in [6.07, 6.45) is 20.0. The van der Waals surface area contributed by atoms with Crippen LogP contribution in [0.15, 0.2) is 0 Å². The zero-order valence-electron chi connectivity index (χ0n) is 20.3. The molecule has 0 radical (unpaired) electrons. The van der Waals surface area contributed by atoms with Gasteiger partial charge in [-0.2, -0.15) is 0 Å². The molecule has 0 fully saturated rings. The summed E-state index contributed by atoms with van der Waals surface area (Å²) in [5.74, 6) is 0.143. The Hall–Kier alpha value is -0.0200. The number of ether oxygens (including phenoxy) is 1. The Bertz CT molecular complexity index is 524. The van der Waals surface area contributed by atoms with E-state index in [1.54, 1.807) is 0 Å². The summed E-state index contributed by atoms with van der Waals surface area (Å²) in [5, 5.41) is 9.01. The Labute approximate surface area is 196 Å². The fourth-order valence-corrected chi connectivity index (χ4v) is 5.05. The third kappa shape index (κ3) is 32.2. The monoisotopic (exact) mass is 504 g/mol. The molecule has 4 N–H and O–H groups in total. The van der Waals surface area contributed by atoms with Gasteiger partial charge >= 0.3 is 7.82 Å². The highest BCUT2D eigenvalue weighted by atomic mass is 32.2. The lowest BCUT2D eigenvalue weighted by atomic mass is 10.0. The summed E-state index contributed by atoms with van der Waals surface area (Å²) in [4.78, 5) is 21.6. The van der Waals surface area contributed by atoms with Gasteiger partial charge in [-0.1, -0.05) is 103 Å². The molecule has 0 aromatic carbocycles. The molecule has 0 aliphatic carbocycles. The van der Waals surface area contributed by atoms with Crippen molar-refractivity contribution < 1.29 is 37.5 Å². The molecule has 0 aliphatic rings. The maximum absolute atomic E-state index is 11.9. The molecule has 1 unspecified atom stereocenters. The van der Waals surface area contributed by atoms with Crippen LogP contribution in [0.4, 0.5) is 0 Å². The molecule has 0 spiro atoms. The van der Waals surface area contributed by atoms with E-state index in [-0.39, 0.29) is 18.1 Å². The molecule has 0 saturated heterocycles. The number of rotatable bonds is 21. The average molecular weight is 505 g/mol. The van der Waals surface area contributed by atoms with Gasteiger partial charge in [0.25, 0.3) is 0 Å². The van der Waals surface area contributed by atoms with Gasteiger partial charge in [0.05, 0.1) is 24.2 Å². The molecule has 0 rings (SSSR count). The molecule has 1 atom stereocenters. The summed E-state index contributed by atoms with van der Waals surface area (Å²) in [7, 11) is -6.31. The van der Waals surface area contributed by atoms with E-state index in [9.17, 15) is 8.42 Å². The minimum atomic E-state index is -4.64. The number of methoxy groups -OCH3 is 1. The maximum Gasteiger partial charge on any atom is 0.466 e. The number of aliphatic hydroxyl groups excluding tert-OH is 1. The van der Waals surface area contributed by atoms with Crippen LogP contribution in [0.1, 0.15) is 110 Å². The molecule has 8 nitrogen and oxygen atoms in total. The first kappa shape index (κ1) is 34.1. The lowest BCUT2D eigenvalue weighted by molar-refractivity contribution is 0.0644. The van der Waals surface area contributed by atoms with Crippen LogP contribution in [-0.4, -0.2) is 59.5 Å². The lowest BCUT2D eigenvalue weighted by Crippen LogP contribution is -2.27. The number of sulfone groups is 1. The van der Waals surface area contributed by atoms with Crippen molar-refractivity contribution in [2.75, 3.05) is 25.2 Å². The summed E-state index contributed by atoms with van der Waals surface area (Å²) in [6, 6.07) is 0. The Morgan fingerprint density at radius 1 is 0.719 bits per heavy atom. The predicted octanol–water partition coefficient (Wildman–Crippen LogP) is 4.74. The van der Waals surface area contributed by atoms with Gasteiger partial charge in [-0.05, 0) is 6.42 Å². The van der Waals surface area contributed by atoms with Crippen molar-refractivity contribution in [1.29, 1.82) is 0 Å². The summed E-state index contributed by atoms with van der Waals surface area (Å²) >= 11 is 0. The normalized spacial score (nSPS) is 12.9. The number of phosphoric acid groups is 1. The standard InChI is InChI=1S/C22H46O4S.H3O4P/c1-3-4-5-6-7-8-9-10-11-12-13-14-15-16-17-18-19-27(24,25)21-22(20-23)26-2;1-5(2,3)4/h22-23H,3-21H2,1-2H3;(H3,1,2,3,4). The van der Waals surface area contributed by atoms with E-state index < -0.39 is 23.8 Å². The summed E-state index contributed by atoms with van der Waals surface area (Å²) < 4.78 is 37.7. The second-order valence-electron chi connectivity index (χ2n) is 8.47. The highest BCUT2D eigenvalue weighted by Crippen LogP contribution is 2.25. The van der Waals surface area contributed by atoms with Crippen molar-refractivity contribution in [3.63, 3.8) is 0 Å². The number of hydrogen-bond donors (Lipinski definition) is 4. The zero-order valence-corrected chi connectivity index (χ0v) is 22.0. The van der Waals surface area contributed by atoms with Gasteiger partial charge < -0.3 is 24.5 Å². The molecule has 0 aliphatic heterocycles. The van der Waals surface area contributed by atoms with Crippen LogP contribution in [0, 0.1) is 0 Å². The van der Waals surface area contributed by atoms with Gasteiger partial charge in [0.2, 0.25) is 0 Å². The van der Waals surface area contributed by atoms with Crippen molar-refractivity contribution in [1.82, 2.24) is 0 Å². The lowest BCUT2D eigenvalue weighted by Gasteiger charge is -2.12. The van der Waals surface area contributed by atoms with Crippen LogP contribution in [0.3, 0.4) is 0 Å². The predicted molar refractivity (Wildman–Crippen MR) is 130 cm³/mol. The van der Waals surface area contributed by atoms with Gasteiger partial charge in [0, 0.05) is 7.11 Å². The topological polar surface area (TPSA) is 141 Å². The highest BCUT2D eigenvalue weighted by molar-refractivity contribution is 7.91. The van der Waals surface area contributed by atoms with Gasteiger partial charge in [0.15, 0.2) is 9.84 Å². The van der Waals surface area contributed by atoms with Gasteiger partial charge in [-0.25, -0.2) is 13.0 Å². The molecule has 0 saturated carbocycles. The maximum atomic E-state index is 11.9. The van der Waals surface area contributed by atoms with Crippen molar-refractivity contribution in [2.45, 2.75) is 116 Å². The second-order valence-corrected chi connectivity index (χ2v) is 11.7. The smallest absolute Gasteiger partial charge is 0.394 e. The van der Waals surface area contributed by atoms with Gasteiger partial charge in [0.1, 0.15) is 0 Å². The molecular formula is C22H49O8PS. The Morgan fingerprint density at radius 2 is 1.03 bits per heavy atom. The van der Waals surface area contributed by atoms with E-state index in [4.69, 9.17) is 29.1 Å². The molecule has 196 valence electrons. The van der Waals surface area contributed by atoms with E-state index in [0.717, 1.165) is 19.3 Å². The molecule has 10 heteroatoms. The minimum Gasteiger partial charge on any atom is -0.394 e. The Morgan fingerprint density at radius 3 is 1.31 bits per heavy atom. The number of hydrogen-bond acceptors (Lipinski definition) is 5. The van der Waals surface area contributed by atoms with Gasteiger partial charge in [-0.15, -0.1) is 0 Å². The van der Waals surface area contributed by atoms with Crippen molar-refractivity contribution in [2.24, 2.45) is 0 Å². The van der Waals surface area contributed by atoms with E-state index >= 15 is 0 Å². The quantitative estimate of drug-likeness (QED) is 0.130. The fourth-order valence-electron chi connectivity index (χ4n) is 3.43. The highest BCUT2D eigenvalue weighted by Gasteiger charge is 2.17. The summed E-state index contributed by atoms with van der Waals surface area (Å²) in [5.41, 5.74) is 0. The van der Waals surface area contributed by atoms with Crippen LogP contribution in [0.2, 0.25) is 0 Å². The Balaban J connectivity index is 0. The molecule has 0 aromatic heterocycles. The molecular weight excluding hydrogens is 455 g/mol. The minimum absolute atomic E-state index is 0.0707. The van der Waals surface area contributed by atoms with Crippen LogP contribution >= 0.6 is 7.82 Å². The van der Waals surface area contributed by atoms with E-state index in [0.29, 0.717) is 0 Å². The SMILES string of the molecule is CCCCCCCCCCCCCCCCCCS(=O)(=O)CC(CO)OC.O=P(O)(O)O. The first-order valence-electron chi connectivity index (χ1n) is 12.2. The van der Waals surface area contributed by atoms with E-state index in [1.807, 2.05) is 0 Å². The molecule has 32 heavy (non-hydrogen) atoms. The zero-order chi connectivity index (χ0) is 24.7. The first-order chi connectivity index (χ1) is 15.1. The van der Waals surface area contributed by atoms with E-state index in [2.05, 4.69) is 6.92 Å². The van der Waals surface area contributed by atoms with Crippen molar-refractivity contribution in [3.05, 3.63) is 0 Å². The van der Waals surface area contributed by atoms with Crippen LogP contribution in [0.5, 0.6) is 0 Å². The van der Waals surface area contributed by atoms with Gasteiger partial charge in [-0.3, -0.25) is 0 Å². The van der Waals surface area contributed by atoms with Crippen LogP contribution in [0.25, 0.3) is 0 Å². The fraction of sp³-hybridized carbons (Fsp3) is 1.00. The largest absolute Gasteiger partial charge is 0.466 e. The number of aliphatic hydroxyl groups is 1. The van der Waals surface area contributed by atoms with E-state index in [1.165, 1.54) is 90.6 Å². The van der Waals surface area contributed by atoms with Crippen LogP contribution < -0.4 is 0 Å². The van der Waals surface area contributed by atoms with Crippen molar-refractivity contribution >= 4 is 17.7 Å². The molecule has 0 amide bonds. The second kappa shape index (κ2) is 22.8. The van der Waals surface area contributed by atoms with Crippen molar-refractivity contribution in [3.8, 4) is 0 Å². The first-order valence-corrected chi connectivity index (χ1v) is 15.6. The summed E-state index contributed by atoms with van der Waals surface area (Å²) in [6.45, 7) is 2.03. The molecule has 0 aromatic rings.